The summed E-state index contributed by atoms with van der Waals surface area (Å²) in [6, 6.07) is 17.3. The van der Waals surface area contributed by atoms with Gasteiger partial charge in [-0.15, -0.1) is 0 Å². The van der Waals surface area contributed by atoms with Gasteiger partial charge in [0.2, 0.25) is 0 Å². The Kier molecular flexibility index (Phi) is 3.60. The van der Waals surface area contributed by atoms with Crippen LogP contribution in [-0.2, 0) is 6.42 Å². The third-order valence-electron chi connectivity index (χ3n) is 3.32. The first-order chi connectivity index (χ1) is 10.2. The summed E-state index contributed by atoms with van der Waals surface area (Å²) in [6.07, 6.45) is 0.840. The summed E-state index contributed by atoms with van der Waals surface area (Å²) in [6.45, 7) is 0.589. The fourth-order valence-electron chi connectivity index (χ4n) is 2.25. The van der Waals surface area contributed by atoms with Gasteiger partial charge in [-0.2, -0.15) is 0 Å². The maximum absolute atomic E-state index is 10.9. The number of hydrogen-bond donors (Lipinski definition) is 2. The number of aromatic amines is 1. The van der Waals surface area contributed by atoms with E-state index < -0.39 is 5.97 Å². The Morgan fingerprint density at radius 1 is 1.10 bits per heavy atom. The maximum Gasteiger partial charge on any atom is 0.352 e. The smallest absolute Gasteiger partial charge is 0.352 e. The molecular weight excluding hydrogens is 266 g/mol. The van der Waals surface area contributed by atoms with Gasteiger partial charge in [-0.1, -0.05) is 30.3 Å². The van der Waals surface area contributed by atoms with Crippen LogP contribution in [0.15, 0.2) is 54.6 Å². The van der Waals surface area contributed by atoms with Crippen molar-refractivity contribution in [3.63, 3.8) is 0 Å². The van der Waals surface area contributed by atoms with Crippen molar-refractivity contribution in [2.24, 2.45) is 0 Å². The summed E-state index contributed by atoms with van der Waals surface area (Å²) < 4.78 is 5.73. The van der Waals surface area contributed by atoms with E-state index in [1.54, 1.807) is 6.07 Å². The number of nitrogens with one attached hydrogen (secondary N) is 1. The number of fused-ring (bicyclic) bond motifs is 1. The van der Waals surface area contributed by atoms with Crippen molar-refractivity contribution in [3.05, 3.63) is 65.9 Å². The fourth-order valence-corrected chi connectivity index (χ4v) is 2.25. The molecule has 0 aliphatic rings. The molecule has 0 atom stereocenters. The van der Waals surface area contributed by atoms with Gasteiger partial charge in [0, 0.05) is 17.3 Å². The third kappa shape index (κ3) is 3.05. The standard InChI is InChI=1S/C17H15NO3/c19-17(20)16-11-13-10-14(6-7-15(13)18-16)21-9-8-12-4-2-1-3-5-12/h1-7,10-11,18H,8-9H2,(H,19,20). The molecule has 0 saturated carbocycles. The molecule has 0 amide bonds. The molecule has 0 fully saturated rings. The van der Waals surface area contributed by atoms with Gasteiger partial charge in [-0.05, 0) is 29.8 Å². The van der Waals surface area contributed by atoms with E-state index in [-0.39, 0.29) is 5.69 Å². The number of carboxylic acid groups (broad SMARTS) is 1. The summed E-state index contributed by atoms with van der Waals surface area (Å²) in [7, 11) is 0. The van der Waals surface area contributed by atoms with Gasteiger partial charge in [-0.3, -0.25) is 0 Å². The highest BCUT2D eigenvalue weighted by Gasteiger charge is 2.07. The van der Waals surface area contributed by atoms with Crippen LogP contribution < -0.4 is 4.74 Å². The van der Waals surface area contributed by atoms with E-state index in [4.69, 9.17) is 9.84 Å². The van der Waals surface area contributed by atoms with Crippen molar-refractivity contribution in [2.75, 3.05) is 6.61 Å². The molecule has 0 radical (unpaired) electrons. The van der Waals surface area contributed by atoms with E-state index in [1.165, 1.54) is 5.56 Å². The van der Waals surface area contributed by atoms with Gasteiger partial charge < -0.3 is 14.8 Å². The zero-order valence-electron chi connectivity index (χ0n) is 11.4. The summed E-state index contributed by atoms with van der Waals surface area (Å²) in [5.74, 6) is -0.216. The first-order valence-corrected chi connectivity index (χ1v) is 6.75. The second-order valence-corrected chi connectivity index (χ2v) is 4.82. The quantitative estimate of drug-likeness (QED) is 0.752. The molecule has 4 nitrogen and oxygen atoms in total. The molecule has 0 aliphatic heterocycles. The van der Waals surface area contributed by atoms with Gasteiger partial charge >= 0.3 is 5.97 Å². The van der Waals surface area contributed by atoms with Crippen LogP contribution in [0.2, 0.25) is 0 Å². The lowest BCUT2D eigenvalue weighted by molar-refractivity contribution is 0.0691. The van der Waals surface area contributed by atoms with Crippen molar-refractivity contribution in [1.82, 2.24) is 4.98 Å². The lowest BCUT2D eigenvalue weighted by Gasteiger charge is -2.06. The SMILES string of the molecule is O=C(O)c1cc2cc(OCCc3ccccc3)ccc2[nH]1. The van der Waals surface area contributed by atoms with Crippen molar-refractivity contribution < 1.29 is 14.6 Å². The number of H-pyrrole nitrogens is 1. The Bertz CT molecular complexity index is 762. The Morgan fingerprint density at radius 3 is 2.67 bits per heavy atom. The normalized spacial score (nSPS) is 10.7. The number of aromatic carboxylic acids is 1. The van der Waals surface area contributed by atoms with Crippen LogP contribution in [0.3, 0.4) is 0 Å². The largest absolute Gasteiger partial charge is 0.493 e. The lowest BCUT2D eigenvalue weighted by atomic mass is 10.2. The Labute approximate surface area is 122 Å². The van der Waals surface area contributed by atoms with E-state index >= 15 is 0 Å². The predicted octanol–water partition coefficient (Wildman–Crippen LogP) is 3.49. The first-order valence-electron chi connectivity index (χ1n) is 6.75. The molecule has 0 saturated heterocycles. The van der Waals surface area contributed by atoms with Crippen LogP contribution in [0.5, 0.6) is 5.75 Å². The van der Waals surface area contributed by atoms with Crippen LogP contribution in [0.4, 0.5) is 0 Å². The molecule has 3 aromatic rings. The average molecular weight is 281 g/mol. The van der Waals surface area contributed by atoms with Crippen LogP contribution >= 0.6 is 0 Å². The minimum Gasteiger partial charge on any atom is -0.493 e. The predicted molar refractivity (Wildman–Crippen MR) is 80.9 cm³/mol. The van der Waals surface area contributed by atoms with Crippen LogP contribution in [0, 0.1) is 0 Å². The van der Waals surface area contributed by atoms with Crippen molar-refractivity contribution in [1.29, 1.82) is 0 Å². The third-order valence-corrected chi connectivity index (χ3v) is 3.32. The molecule has 0 spiro atoms. The molecule has 1 heterocycles. The van der Waals surface area contributed by atoms with Crippen molar-refractivity contribution in [2.45, 2.75) is 6.42 Å². The number of carbonyl (C=O) groups is 1. The Hall–Kier alpha value is -2.75. The second-order valence-electron chi connectivity index (χ2n) is 4.82. The van der Waals surface area contributed by atoms with Crippen molar-refractivity contribution in [3.8, 4) is 5.75 Å². The topological polar surface area (TPSA) is 62.3 Å². The molecule has 2 N–H and O–H groups in total. The van der Waals surface area contributed by atoms with Crippen LogP contribution in [0.25, 0.3) is 10.9 Å². The zero-order valence-corrected chi connectivity index (χ0v) is 11.4. The Morgan fingerprint density at radius 2 is 1.90 bits per heavy atom. The molecule has 0 bridgehead atoms. The molecule has 0 aliphatic carbocycles. The van der Waals surface area contributed by atoms with E-state index in [0.717, 1.165) is 23.1 Å². The van der Waals surface area contributed by atoms with E-state index in [1.807, 2.05) is 36.4 Å². The molecule has 1 aromatic heterocycles. The Balaban J connectivity index is 1.68. The number of hydrogen-bond acceptors (Lipinski definition) is 2. The summed E-state index contributed by atoms with van der Waals surface area (Å²) >= 11 is 0. The molecular formula is C17H15NO3. The summed E-state index contributed by atoms with van der Waals surface area (Å²) in [5, 5.41) is 9.80. The van der Waals surface area contributed by atoms with Gasteiger partial charge in [0.05, 0.1) is 6.61 Å². The van der Waals surface area contributed by atoms with E-state index in [9.17, 15) is 4.79 Å². The number of benzene rings is 2. The molecule has 2 aromatic carbocycles. The minimum atomic E-state index is -0.960. The molecule has 106 valence electrons. The highest BCUT2D eigenvalue weighted by molar-refractivity contribution is 5.94. The van der Waals surface area contributed by atoms with E-state index in [0.29, 0.717) is 6.61 Å². The summed E-state index contributed by atoms with van der Waals surface area (Å²) in [4.78, 5) is 13.8. The van der Waals surface area contributed by atoms with Crippen LogP contribution in [-0.4, -0.2) is 22.7 Å². The molecule has 21 heavy (non-hydrogen) atoms. The molecule has 3 rings (SSSR count). The van der Waals surface area contributed by atoms with Gasteiger partial charge in [0.1, 0.15) is 11.4 Å². The molecule has 0 unspecified atom stereocenters. The van der Waals surface area contributed by atoms with Crippen molar-refractivity contribution >= 4 is 16.9 Å². The van der Waals surface area contributed by atoms with Gasteiger partial charge in [-0.25, -0.2) is 4.79 Å². The molecule has 4 heteroatoms. The second kappa shape index (κ2) is 5.71. The van der Waals surface area contributed by atoms with Crippen LogP contribution in [0.1, 0.15) is 16.1 Å². The summed E-state index contributed by atoms with van der Waals surface area (Å²) in [5.41, 5.74) is 2.21. The van der Waals surface area contributed by atoms with Gasteiger partial charge in [0.15, 0.2) is 0 Å². The highest BCUT2D eigenvalue weighted by Crippen LogP contribution is 2.22. The zero-order chi connectivity index (χ0) is 14.7. The lowest BCUT2D eigenvalue weighted by Crippen LogP contribution is -2.00. The monoisotopic (exact) mass is 281 g/mol. The number of aromatic nitrogens is 1. The first kappa shape index (κ1) is 13.2. The highest BCUT2D eigenvalue weighted by atomic mass is 16.5. The van der Waals surface area contributed by atoms with E-state index in [2.05, 4.69) is 17.1 Å². The fraction of sp³-hybridized carbons (Fsp3) is 0.118. The maximum atomic E-state index is 10.9. The average Bonchev–Trinajstić information content (AvgIpc) is 2.92. The number of ether oxygens (including phenoxy) is 1. The minimum absolute atomic E-state index is 0.187. The van der Waals surface area contributed by atoms with Gasteiger partial charge in [0.25, 0.3) is 0 Å². The number of rotatable bonds is 5. The number of carboxylic acids is 1.